The van der Waals surface area contributed by atoms with Crippen molar-refractivity contribution in [1.29, 1.82) is 0 Å². The molecule has 3 aromatic rings. The Bertz CT molecular complexity index is 1200. The third kappa shape index (κ3) is 5.05. The van der Waals surface area contributed by atoms with Gasteiger partial charge >= 0.3 is 0 Å². The van der Waals surface area contributed by atoms with Crippen molar-refractivity contribution in [3.63, 3.8) is 0 Å². The summed E-state index contributed by atoms with van der Waals surface area (Å²) in [5.41, 5.74) is 1.77. The van der Waals surface area contributed by atoms with E-state index in [-0.39, 0.29) is 30.1 Å². The Balaban J connectivity index is 1.67. The number of ether oxygens (including phenoxy) is 1. The lowest BCUT2D eigenvalue weighted by Crippen LogP contribution is -2.33. The van der Waals surface area contributed by atoms with Crippen LogP contribution in [-0.2, 0) is 9.53 Å². The van der Waals surface area contributed by atoms with E-state index in [1.165, 1.54) is 24.9 Å². The van der Waals surface area contributed by atoms with E-state index in [1.807, 2.05) is 18.2 Å². The van der Waals surface area contributed by atoms with E-state index in [0.717, 1.165) is 35.2 Å². The maximum Gasteiger partial charge on any atom is 0.266 e. The molecule has 9 heteroatoms. The van der Waals surface area contributed by atoms with Crippen molar-refractivity contribution in [3.05, 3.63) is 44.6 Å². The number of hydrogen-bond acceptors (Lipinski definition) is 5. The number of anilines is 2. The molecule has 7 nitrogen and oxygen atoms in total. The smallest absolute Gasteiger partial charge is 0.266 e. The van der Waals surface area contributed by atoms with Crippen molar-refractivity contribution in [2.45, 2.75) is 32.1 Å². The summed E-state index contributed by atoms with van der Waals surface area (Å²) in [7, 11) is 3.24. The molecule has 0 spiro atoms. The van der Waals surface area contributed by atoms with Crippen LogP contribution in [0.2, 0.25) is 0 Å². The normalized spacial score (nSPS) is 14.4. The fraction of sp³-hybridized carbons (Fsp3) is 0.375. The lowest BCUT2D eigenvalue weighted by Gasteiger charge is -2.26. The van der Waals surface area contributed by atoms with Crippen molar-refractivity contribution in [1.82, 2.24) is 4.98 Å². The highest BCUT2D eigenvalue weighted by Gasteiger charge is 2.26. The molecule has 1 aromatic carbocycles. The summed E-state index contributed by atoms with van der Waals surface area (Å²) in [6, 6.07) is 9.01. The van der Waals surface area contributed by atoms with Gasteiger partial charge < -0.3 is 19.9 Å². The fourth-order valence-corrected chi connectivity index (χ4v) is 5.62. The van der Waals surface area contributed by atoms with E-state index in [9.17, 15) is 14.4 Å². The Labute approximate surface area is 204 Å². The number of amides is 2. The van der Waals surface area contributed by atoms with Gasteiger partial charge in [0.15, 0.2) is 5.78 Å². The quantitative estimate of drug-likeness (QED) is 0.387. The molecular weight excluding hydrogens is 506 g/mol. The number of nitrogens with one attached hydrogen (secondary N) is 2. The molecule has 1 saturated carbocycles. The number of rotatable bonds is 7. The highest BCUT2D eigenvalue weighted by molar-refractivity contribution is 9.11. The minimum absolute atomic E-state index is 0.0573. The van der Waals surface area contributed by atoms with E-state index in [4.69, 9.17) is 4.74 Å². The first kappa shape index (κ1) is 23.7. The number of fused-ring (bicyclic) bond motifs is 1. The van der Waals surface area contributed by atoms with Gasteiger partial charge in [0.05, 0.1) is 14.2 Å². The summed E-state index contributed by atoms with van der Waals surface area (Å²) in [6.45, 7) is -0.109. The number of hydrogen-bond donors (Lipinski definition) is 2. The lowest BCUT2D eigenvalue weighted by atomic mass is 9.88. The number of Topliss-reactive ketones (excluding diaryl/α,β-unsaturated/α-hetero) is 1. The SMILES string of the molecule is COCC(=O)c1c(NC(=O)c2ccc(Br)s2)[nH]c2cc(N(C)C(=O)C3CCCCC3)ccc12. The summed E-state index contributed by atoms with van der Waals surface area (Å²) in [4.78, 5) is 43.9. The van der Waals surface area contributed by atoms with Gasteiger partial charge in [-0.05, 0) is 59.1 Å². The van der Waals surface area contributed by atoms with Crippen molar-refractivity contribution < 1.29 is 19.1 Å². The zero-order valence-corrected chi connectivity index (χ0v) is 21.0. The van der Waals surface area contributed by atoms with Gasteiger partial charge in [0.25, 0.3) is 5.91 Å². The lowest BCUT2D eigenvalue weighted by molar-refractivity contribution is -0.123. The second-order valence-corrected chi connectivity index (χ2v) is 10.7. The number of thiophene rings is 1. The van der Waals surface area contributed by atoms with Crippen LogP contribution < -0.4 is 10.2 Å². The van der Waals surface area contributed by atoms with Crippen LogP contribution in [0.5, 0.6) is 0 Å². The molecule has 0 bridgehead atoms. The monoisotopic (exact) mass is 531 g/mol. The topological polar surface area (TPSA) is 91.5 Å². The molecule has 1 aliphatic rings. The Morgan fingerprint density at radius 2 is 1.94 bits per heavy atom. The maximum absolute atomic E-state index is 13.0. The molecule has 1 fully saturated rings. The highest BCUT2D eigenvalue weighted by Crippen LogP contribution is 2.33. The molecule has 0 unspecified atom stereocenters. The van der Waals surface area contributed by atoms with Crippen molar-refractivity contribution in [2.75, 3.05) is 31.0 Å². The number of benzene rings is 1. The minimum atomic E-state index is -0.312. The molecule has 0 saturated heterocycles. The molecule has 2 N–H and O–H groups in total. The van der Waals surface area contributed by atoms with Crippen molar-refractivity contribution >= 4 is 67.3 Å². The number of ketones is 1. The minimum Gasteiger partial charge on any atom is -0.377 e. The number of carbonyl (C=O) groups is 3. The molecule has 33 heavy (non-hydrogen) atoms. The van der Waals surface area contributed by atoms with Crippen LogP contribution in [-0.4, -0.2) is 43.3 Å². The van der Waals surface area contributed by atoms with E-state index in [0.29, 0.717) is 27.2 Å². The third-order valence-corrected chi connectivity index (χ3v) is 7.67. The zero-order chi connectivity index (χ0) is 23.5. The molecule has 2 aromatic heterocycles. The number of aromatic amines is 1. The molecule has 2 amide bonds. The van der Waals surface area contributed by atoms with E-state index in [2.05, 4.69) is 26.2 Å². The third-order valence-electron chi connectivity index (χ3n) is 6.04. The average Bonchev–Trinajstić information content (AvgIpc) is 3.41. The van der Waals surface area contributed by atoms with Crippen LogP contribution in [0, 0.1) is 5.92 Å². The van der Waals surface area contributed by atoms with E-state index >= 15 is 0 Å². The molecule has 0 aliphatic heterocycles. The van der Waals surface area contributed by atoms with Crippen LogP contribution in [0.3, 0.4) is 0 Å². The molecule has 0 radical (unpaired) electrons. The van der Waals surface area contributed by atoms with Gasteiger partial charge in [0.1, 0.15) is 12.4 Å². The number of halogens is 1. The van der Waals surface area contributed by atoms with E-state index < -0.39 is 0 Å². The number of aromatic nitrogens is 1. The standard InChI is InChI=1S/C24H26BrN3O4S/c1-28(24(31)14-6-4-3-5-7-14)15-8-9-16-17(12-15)26-22(21(16)18(29)13-32-2)27-23(30)19-10-11-20(25)33-19/h8-12,14,26H,3-7,13H2,1-2H3,(H,27,30). The van der Waals surface area contributed by atoms with Crippen molar-refractivity contribution in [2.24, 2.45) is 5.92 Å². The Morgan fingerprint density at radius 3 is 2.61 bits per heavy atom. The predicted octanol–water partition coefficient (Wildman–Crippen LogP) is 5.62. The maximum atomic E-state index is 13.0. The molecule has 1 aliphatic carbocycles. The Kier molecular flexibility index (Phi) is 7.31. The fourth-order valence-electron chi connectivity index (χ4n) is 4.34. The van der Waals surface area contributed by atoms with E-state index in [1.54, 1.807) is 24.1 Å². The number of methoxy groups -OCH3 is 1. The first-order chi connectivity index (χ1) is 15.9. The molecule has 0 atom stereocenters. The van der Waals surface area contributed by atoms with Crippen LogP contribution in [0.25, 0.3) is 10.9 Å². The molecule has 4 rings (SSSR count). The summed E-state index contributed by atoms with van der Waals surface area (Å²) >= 11 is 4.67. The first-order valence-corrected chi connectivity index (χ1v) is 12.5. The zero-order valence-electron chi connectivity index (χ0n) is 18.6. The Hall–Kier alpha value is -2.49. The van der Waals surface area contributed by atoms with Gasteiger partial charge in [-0.1, -0.05) is 19.3 Å². The highest BCUT2D eigenvalue weighted by atomic mass is 79.9. The molecule has 2 heterocycles. The van der Waals surface area contributed by atoms with Gasteiger partial charge in [-0.25, -0.2) is 0 Å². The number of carbonyl (C=O) groups excluding carboxylic acids is 3. The van der Waals surface area contributed by atoms with Crippen LogP contribution in [0.15, 0.2) is 34.1 Å². The molecule has 174 valence electrons. The summed E-state index contributed by atoms with van der Waals surface area (Å²) in [6.07, 6.45) is 5.23. The number of H-pyrrole nitrogens is 1. The second kappa shape index (κ2) is 10.2. The van der Waals surface area contributed by atoms with Gasteiger partial charge in [-0.2, -0.15) is 0 Å². The van der Waals surface area contributed by atoms with Crippen LogP contribution >= 0.6 is 27.3 Å². The Morgan fingerprint density at radius 1 is 1.18 bits per heavy atom. The summed E-state index contributed by atoms with van der Waals surface area (Å²) < 4.78 is 5.89. The van der Waals surface area contributed by atoms with Crippen molar-refractivity contribution in [3.8, 4) is 0 Å². The predicted molar refractivity (Wildman–Crippen MR) is 134 cm³/mol. The number of nitrogens with zero attached hydrogens (tertiary/aromatic N) is 1. The van der Waals surface area contributed by atoms with Gasteiger partial charge in [0.2, 0.25) is 5.91 Å². The van der Waals surface area contributed by atoms with Gasteiger partial charge in [-0.3, -0.25) is 14.4 Å². The summed E-state index contributed by atoms with van der Waals surface area (Å²) in [5, 5.41) is 3.50. The van der Waals surface area contributed by atoms with Crippen LogP contribution in [0.4, 0.5) is 11.5 Å². The van der Waals surface area contributed by atoms with Gasteiger partial charge in [0, 0.05) is 36.7 Å². The largest absolute Gasteiger partial charge is 0.377 e. The molecular formula is C24H26BrN3O4S. The second-order valence-electron chi connectivity index (χ2n) is 8.25. The van der Waals surface area contributed by atoms with Crippen LogP contribution in [0.1, 0.15) is 52.1 Å². The van der Waals surface area contributed by atoms with Gasteiger partial charge in [-0.15, -0.1) is 11.3 Å². The summed E-state index contributed by atoms with van der Waals surface area (Å²) in [5.74, 6) is -0.0608. The average molecular weight is 532 g/mol. The first-order valence-electron chi connectivity index (χ1n) is 10.9.